The second-order valence-corrected chi connectivity index (χ2v) is 3.48. The van der Waals surface area contributed by atoms with E-state index in [1.165, 1.54) is 6.33 Å². The maximum absolute atomic E-state index is 4.13. The van der Waals surface area contributed by atoms with Gasteiger partial charge in [0.15, 0.2) is 0 Å². The van der Waals surface area contributed by atoms with Crippen LogP contribution in [0.4, 0.5) is 0 Å². The van der Waals surface area contributed by atoms with Crippen LogP contribution in [-0.2, 0) is 6.54 Å². The van der Waals surface area contributed by atoms with Crippen molar-refractivity contribution in [2.75, 3.05) is 0 Å². The molecule has 0 bridgehead atoms. The molecule has 5 nitrogen and oxygen atoms in total. The van der Waals surface area contributed by atoms with E-state index in [2.05, 4.69) is 33.5 Å². The molecule has 0 amide bonds. The second kappa shape index (κ2) is 3.61. The zero-order valence-corrected chi connectivity index (χ0v) is 8.33. The summed E-state index contributed by atoms with van der Waals surface area (Å²) in [6.07, 6.45) is 6.95. The van der Waals surface area contributed by atoms with E-state index in [4.69, 9.17) is 0 Å². The predicted octanol–water partition coefficient (Wildman–Crippen LogP) is 1.10. The summed E-state index contributed by atoms with van der Waals surface area (Å²) < 4.78 is 3.91. The molecule has 2 aromatic heterocycles. The number of hydrogen-bond donors (Lipinski definition) is 0. The molecule has 0 N–H and O–H groups in total. The second-order valence-electron chi connectivity index (χ2n) is 3.48. The van der Waals surface area contributed by atoms with E-state index in [9.17, 15) is 0 Å². The summed E-state index contributed by atoms with van der Waals surface area (Å²) in [6.45, 7) is 4.98. The molecule has 0 unspecified atom stereocenters. The summed E-state index contributed by atoms with van der Waals surface area (Å²) in [5.41, 5.74) is 1.14. The van der Waals surface area contributed by atoms with Gasteiger partial charge in [0.25, 0.3) is 0 Å². The van der Waals surface area contributed by atoms with Gasteiger partial charge in [-0.1, -0.05) is 0 Å². The number of hydrogen-bond acceptors (Lipinski definition) is 3. The highest BCUT2D eigenvalue weighted by atomic mass is 15.3. The summed E-state index contributed by atoms with van der Waals surface area (Å²) in [4.78, 5) is 8.02. The lowest BCUT2D eigenvalue weighted by molar-refractivity contribution is 0.547. The molecule has 5 heteroatoms. The Kier molecular flexibility index (Phi) is 2.30. The van der Waals surface area contributed by atoms with Crippen molar-refractivity contribution in [1.29, 1.82) is 0 Å². The Labute approximate surface area is 82.4 Å². The summed E-state index contributed by atoms with van der Waals surface area (Å²) >= 11 is 0. The Hall–Kier alpha value is -1.65. The summed E-state index contributed by atoms with van der Waals surface area (Å²) in [6, 6.07) is 0.427. The minimum atomic E-state index is 0.427. The maximum Gasteiger partial charge on any atom is 0.137 e. The van der Waals surface area contributed by atoms with Crippen LogP contribution in [-0.4, -0.2) is 24.3 Å². The lowest BCUT2D eigenvalue weighted by atomic mass is 10.3. The van der Waals surface area contributed by atoms with Crippen LogP contribution in [0.25, 0.3) is 0 Å². The number of imidazole rings is 1. The Balaban J connectivity index is 2.21. The van der Waals surface area contributed by atoms with Gasteiger partial charge in [-0.25, -0.2) is 14.6 Å². The van der Waals surface area contributed by atoms with E-state index in [1.807, 2.05) is 12.5 Å². The van der Waals surface area contributed by atoms with E-state index in [1.54, 1.807) is 11.0 Å². The standard InChI is InChI=1S/C9H13N5/c1-8(2)14-7-10-3-9(14)4-13-6-11-5-12-13/h3,5-8H,4H2,1-2H3. The SMILES string of the molecule is CC(C)n1cncc1Cn1cncn1. The Morgan fingerprint density at radius 2 is 2.14 bits per heavy atom. The molecule has 2 rings (SSSR count). The molecule has 0 aliphatic heterocycles. The van der Waals surface area contributed by atoms with E-state index in [0.717, 1.165) is 12.2 Å². The van der Waals surface area contributed by atoms with E-state index < -0.39 is 0 Å². The predicted molar refractivity (Wildman–Crippen MR) is 51.7 cm³/mol. The Bertz CT molecular complexity index is 387. The monoisotopic (exact) mass is 191 g/mol. The molecule has 0 aliphatic rings. The van der Waals surface area contributed by atoms with E-state index in [0.29, 0.717) is 6.04 Å². The van der Waals surface area contributed by atoms with Crippen molar-refractivity contribution in [2.45, 2.75) is 26.4 Å². The van der Waals surface area contributed by atoms with Gasteiger partial charge in [-0.15, -0.1) is 0 Å². The zero-order valence-electron chi connectivity index (χ0n) is 8.33. The Morgan fingerprint density at radius 1 is 1.29 bits per heavy atom. The first-order valence-corrected chi connectivity index (χ1v) is 4.60. The molecule has 0 saturated heterocycles. The largest absolute Gasteiger partial charge is 0.330 e. The van der Waals surface area contributed by atoms with Crippen molar-refractivity contribution in [3.8, 4) is 0 Å². The Morgan fingerprint density at radius 3 is 2.79 bits per heavy atom. The highest BCUT2D eigenvalue weighted by molar-refractivity contribution is 4.99. The van der Waals surface area contributed by atoms with Crippen molar-refractivity contribution in [1.82, 2.24) is 24.3 Å². The molecule has 0 atom stereocenters. The van der Waals surface area contributed by atoms with Crippen LogP contribution in [0.1, 0.15) is 25.6 Å². The van der Waals surface area contributed by atoms with Gasteiger partial charge in [0.05, 0.1) is 24.8 Å². The van der Waals surface area contributed by atoms with Gasteiger partial charge in [0.2, 0.25) is 0 Å². The van der Waals surface area contributed by atoms with Crippen LogP contribution in [0.2, 0.25) is 0 Å². The number of nitrogens with zero attached hydrogens (tertiary/aromatic N) is 5. The number of aromatic nitrogens is 5. The highest BCUT2D eigenvalue weighted by Gasteiger charge is 2.05. The first-order valence-electron chi connectivity index (χ1n) is 4.60. The van der Waals surface area contributed by atoms with Gasteiger partial charge in [-0.2, -0.15) is 5.10 Å². The minimum absolute atomic E-state index is 0.427. The normalized spacial score (nSPS) is 11.1. The van der Waals surface area contributed by atoms with Gasteiger partial charge in [-0.05, 0) is 13.8 Å². The molecule has 74 valence electrons. The molecular formula is C9H13N5. The molecule has 2 heterocycles. The van der Waals surface area contributed by atoms with E-state index in [-0.39, 0.29) is 0 Å². The fraction of sp³-hybridized carbons (Fsp3) is 0.444. The maximum atomic E-state index is 4.13. The molecular weight excluding hydrogens is 178 g/mol. The first-order chi connectivity index (χ1) is 6.77. The molecule has 14 heavy (non-hydrogen) atoms. The van der Waals surface area contributed by atoms with Gasteiger partial charge in [0.1, 0.15) is 12.7 Å². The van der Waals surface area contributed by atoms with Crippen LogP contribution in [0, 0.1) is 0 Å². The lowest BCUT2D eigenvalue weighted by Crippen LogP contribution is -2.08. The van der Waals surface area contributed by atoms with E-state index >= 15 is 0 Å². The van der Waals surface area contributed by atoms with Gasteiger partial charge in [0, 0.05) is 6.04 Å². The minimum Gasteiger partial charge on any atom is -0.330 e. The number of rotatable bonds is 3. The average molecular weight is 191 g/mol. The van der Waals surface area contributed by atoms with Crippen LogP contribution < -0.4 is 0 Å². The summed E-state index contributed by atoms with van der Waals surface area (Å²) in [5.74, 6) is 0. The molecule has 0 radical (unpaired) electrons. The van der Waals surface area contributed by atoms with Crippen molar-refractivity contribution in [3.63, 3.8) is 0 Å². The van der Waals surface area contributed by atoms with Crippen molar-refractivity contribution < 1.29 is 0 Å². The van der Waals surface area contributed by atoms with Crippen LogP contribution in [0.15, 0.2) is 25.2 Å². The molecule has 0 fully saturated rings. The molecule has 0 spiro atoms. The first kappa shape index (κ1) is 8.93. The zero-order chi connectivity index (χ0) is 9.97. The quantitative estimate of drug-likeness (QED) is 0.730. The van der Waals surface area contributed by atoms with Crippen LogP contribution in [0.3, 0.4) is 0 Å². The van der Waals surface area contributed by atoms with Crippen molar-refractivity contribution in [2.24, 2.45) is 0 Å². The molecule has 0 aliphatic carbocycles. The summed E-state index contributed by atoms with van der Waals surface area (Å²) in [7, 11) is 0. The fourth-order valence-corrected chi connectivity index (χ4v) is 1.40. The molecule has 0 saturated carbocycles. The van der Waals surface area contributed by atoms with Crippen molar-refractivity contribution in [3.05, 3.63) is 30.9 Å². The highest BCUT2D eigenvalue weighted by Crippen LogP contribution is 2.09. The lowest BCUT2D eigenvalue weighted by Gasteiger charge is -2.10. The van der Waals surface area contributed by atoms with Gasteiger partial charge < -0.3 is 4.57 Å². The summed E-state index contributed by atoms with van der Waals surface area (Å²) in [5, 5.41) is 4.06. The third-order valence-electron chi connectivity index (χ3n) is 2.09. The van der Waals surface area contributed by atoms with Crippen molar-refractivity contribution >= 4 is 0 Å². The topological polar surface area (TPSA) is 48.5 Å². The van der Waals surface area contributed by atoms with Crippen LogP contribution >= 0.6 is 0 Å². The third kappa shape index (κ3) is 1.66. The third-order valence-corrected chi connectivity index (χ3v) is 2.09. The average Bonchev–Trinajstić information content (AvgIpc) is 2.75. The van der Waals surface area contributed by atoms with Crippen LogP contribution in [0.5, 0.6) is 0 Å². The fourth-order valence-electron chi connectivity index (χ4n) is 1.40. The van der Waals surface area contributed by atoms with Gasteiger partial charge in [-0.3, -0.25) is 0 Å². The molecule has 0 aromatic carbocycles. The molecule has 2 aromatic rings. The smallest absolute Gasteiger partial charge is 0.137 e. The van der Waals surface area contributed by atoms with Gasteiger partial charge >= 0.3 is 0 Å².